The van der Waals surface area contributed by atoms with Gasteiger partial charge in [-0.05, 0) is 72.3 Å². The molecule has 216 valence electrons. The zero-order chi connectivity index (χ0) is 30.2. The van der Waals surface area contributed by atoms with Gasteiger partial charge in [-0.2, -0.15) is 0 Å². The molecule has 5 rings (SSSR count). The molecule has 3 aromatic carbocycles. The van der Waals surface area contributed by atoms with Crippen molar-refractivity contribution in [2.75, 3.05) is 10.6 Å². The van der Waals surface area contributed by atoms with Gasteiger partial charge in [0.15, 0.2) is 17.5 Å². The number of nitrogens with one attached hydrogen (secondary N) is 4. The summed E-state index contributed by atoms with van der Waals surface area (Å²) >= 11 is 6.53. The number of H-pyrrole nitrogens is 1. The van der Waals surface area contributed by atoms with Gasteiger partial charge < -0.3 is 15.6 Å². The first-order chi connectivity index (χ1) is 19.9. The van der Waals surface area contributed by atoms with E-state index in [0.29, 0.717) is 5.69 Å². The van der Waals surface area contributed by atoms with Crippen molar-refractivity contribution in [1.82, 2.24) is 14.3 Å². The molecule has 16 heteroatoms. The monoisotopic (exact) mass is 635 g/mol. The average molecular weight is 636 g/mol. The first kappa shape index (κ1) is 28.9. The highest BCUT2D eigenvalue weighted by Gasteiger charge is 2.20. The fourth-order valence-corrected chi connectivity index (χ4v) is 6.33. The van der Waals surface area contributed by atoms with Gasteiger partial charge in [-0.3, -0.25) is 4.79 Å². The molecule has 2 heterocycles. The molecule has 0 aliphatic carbocycles. The van der Waals surface area contributed by atoms with Gasteiger partial charge in [0.2, 0.25) is 0 Å². The predicted octanol–water partition coefficient (Wildman–Crippen LogP) is 4.93. The second-order valence-corrected chi connectivity index (χ2v) is 12.3. The number of anilines is 2. The van der Waals surface area contributed by atoms with Crippen molar-refractivity contribution in [2.24, 2.45) is 0 Å². The molecular formula is C26H17ClF3N5O5S2. The Morgan fingerprint density at radius 1 is 0.929 bits per heavy atom. The van der Waals surface area contributed by atoms with Crippen LogP contribution < -0.4 is 26.6 Å². The Bertz CT molecular complexity index is 2060. The number of amides is 2. The molecule has 0 bridgehead atoms. The van der Waals surface area contributed by atoms with Crippen LogP contribution in [0.1, 0.15) is 5.56 Å². The van der Waals surface area contributed by atoms with Crippen molar-refractivity contribution < 1.29 is 26.4 Å². The number of hydrogen-bond acceptors (Lipinski definition) is 7. The number of urea groups is 1. The summed E-state index contributed by atoms with van der Waals surface area (Å²) in [4.78, 5) is 40.8. The summed E-state index contributed by atoms with van der Waals surface area (Å²) in [6, 6.07) is 13.2. The quantitative estimate of drug-likeness (QED) is 0.187. The van der Waals surface area contributed by atoms with Gasteiger partial charge in [-0.1, -0.05) is 11.6 Å². The fourth-order valence-electron chi connectivity index (χ4n) is 3.94. The molecule has 0 radical (unpaired) electrons. The van der Waals surface area contributed by atoms with Crippen LogP contribution in [0.4, 0.5) is 29.3 Å². The normalized spacial score (nSPS) is 11.4. The van der Waals surface area contributed by atoms with Crippen LogP contribution in [-0.4, -0.2) is 24.0 Å². The van der Waals surface area contributed by atoms with Crippen LogP contribution >= 0.6 is 22.9 Å². The number of benzene rings is 3. The van der Waals surface area contributed by atoms with E-state index in [0.717, 1.165) is 28.0 Å². The minimum atomic E-state index is -4.14. The summed E-state index contributed by atoms with van der Waals surface area (Å²) in [5.74, 6) is -4.22. The van der Waals surface area contributed by atoms with Gasteiger partial charge in [0.25, 0.3) is 15.6 Å². The van der Waals surface area contributed by atoms with Crippen LogP contribution in [0.2, 0.25) is 4.34 Å². The van der Waals surface area contributed by atoms with E-state index in [-0.39, 0.29) is 42.9 Å². The highest BCUT2D eigenvalue weighted by Crippen LogP contribution is 2.25. The number of fused-ring (bicyclic) bond motifs is 1. The summed E-state index contributed by atoms with van der Waals surface area (Å²) < 4.78 is 67.5. The van der Waals surface area contributed by atoms with Gasteiger partial charge in [0.05, 0.1) is 20.9 Å². The Hall–Kier alpha value is -4.60. The Labute approximate surface area is 243 Å². The third-order valence-corrected chi connectivity index (χ3v) is 8.92. The maximum Gasteiger partial charge on any atom is 0.333 e. The number of nitrogens with zero attached hydrogens (tertiary/aromatic N) is 1. The van der Waals surface area contributed by atoms with Gasteiger partial charge in [0.1, 0.15) is 4.21 Å². The van der Waals surface area contributed by atoms with Gasteiger partial charge in [0, 0.05) is 17.9 Å². The molecule has 2 aromatic heterocycles. The molecule has 0 saturated heterocycles. The van der Waals surface area contributed by atoms with Crippen molar-refractivity contribution in [3.8, 4) is 5.69 Å². The number of rotatable bonds is 7. The van der Waals surface area contributed by atoms with Crippen molar-refractivity contribution in [2.45, 2.75) is 10.8 Å². The molecule has 10 nitrogen and oxygen atoms in total. The Balaban J connectivity index is 1.32. The standard InChI is InChI=1S/C26H17ClF3N5O5S2/c27-21-7-8-22(41-21)42(39,40)34-25(37)32-14-1-4-16(5-2-14)35-24(36)17-6-3-15(11-20(17)33-26(35)38)31-12-13-9-18(28)23(30)19(29)10-13/h1-11,31H,12H2,(H,33,38)(H2,32,34,37). The Morgan fingerprint density at radius 3 is 2.24 bits per heavy atom. The number of carbonyl (C=O) groups excluding carboxylic acids is 1. The number of aromatic amines is 1. The smallest absolute Gasteiger partial charge is 0.333 e. The summed E-state index contributed by atoms with van der Waals surface area (Å²) in [7, 11) is -4.14. The van der Waals surface area contributed by atoms with E-state index in [1.807, 2.05) is 4.72 Å². The van der Waals surface area contributed by atoms with Crippen molar-refractivity contribution in [3.05, 3.63) is 115 Å². The zero-order valence-electron chi connectivity index (χ0n) is 20.9. The summed E-state index contributed by atoms with van der Waals surface area (Å²) in [6.07, 6.45) is 0. The number of halogens is 4. The molecule has 0 aliphatic rings. The van der Waals surface area contributed by atoms with E-state index in [1.54, 1.807) is 0 Å². The third kappa shape index (κ3) is 6.02. The fraction of sp³-hybridized carbons (Fsp3) is 0.0385. The zero-order valence-corrected chi connectivity index (χ0v) is 23.3. The first-order valence-electron chi connectivity index (χ1n) is 11.8. The molecule has 0 unspecified atom stereocenters. The third-order valence-electron chi connectivity index (χ3n) is 5.86. The molecule has 4 N–H and O–H groups in total. The largest absolute Gasteiger partial charge is 0.381 e. The topological polar surface area (TPSA) is 142 Å². The molecule has 0 fully saturated rings. The lowest BCUT2D eigenvalue weighted by atomic mass is 10.2. The Kier molecular flexibility index (Phi) is 7.81. The van der Waals surface area contributed by atoms with E-state index in [1.165, 1.54) is 54.6 Å². The van der Waals surface area contributed by atoms with Crippen molar-refractivity contribution in [1.29, 1.82) is 0 Å². The number of carbonyl (C=O) groups is 1. The second-order valence-electron chi connectivity index (χ2n) is 8.72. The van der Waals surface area contributed by atoms with Crippen LogP contribution in [-0.2, 0) is 16.6 Å². The van der Waals surface area contributed by atoms with E-state index in [4.69, 9.17) is 11.6 Å². The second kappa shape index (κ2) is 11.3. The van der Waals surface area contributed by atoms with Gasteiger partial charge >= 0.3 is 11.7 Å². The molecule has 5 aromatic rings. The minimum absolute atomic E-state index is 0.0619. The van der Waals surface area contributed by atoms with Crippen LogP contribution in [0.5, 0.6) is 0 Å². The van der Waals surface area contributed by atoms with Gasteiger partial charge in [-0.25, -0.2) is 40.5 Å². The number of thiophene rings is 1. The van der Waals surface area contributed by atoms with E-state index < -0.39 is 44.8 Å². The molecule has 0 atom stereocenters. The predicted molar refractivity (Wildman–Crippen MR) is 152 cm³/mol. The highest BCUT2D eigenvalue weighted by atomic mass is 35.5. The molecule has 0 saturated carbocycles. The summed E-state index contributed by atoms with van der Waals surface area (Å²) in [6.45, 7) is -0.0619. The molecule has 42 heavy (non-hydrogen) atoms. The van der Waals surface area contributed by atoms with Crippen molar-refractivity contribution >= 4 is 61.3 Å². The summed E-state index contributed by atoms with van der Waals surface area (Å²) in [5.41, 5.74) is -0.340. The van der Waals surface area contributed by atoms with Crippen LogP contribution in [0, 0.1) is 17.5 Å². The molecule has 0 spiro atoms. The SMILES string of the molecule is O=C(Nc1ccc(-n2c(=O)[nH]c3cc(NCc4cc(F)c(F)c(F)c4)ccc3c2=O)cc1)NS(=O)(=O)c1ccc(Cl)s1. The maximum atomic E-state index is 13.5. The molecular weight excluding hydrogens is 619 g/mol. The minimum Gasteiger partial charge on any atom is -0.381 e. The van der Waals surface area contributed by atoms with Gasteiger partial charge in [-0.15, -0.1) is 11.3 Å². The molecule has 0 aliphatic heterocycles. The molecule has 2 amide bonds. The van der Waals surface area contributed by atoms with E-state index in [9.17, 15) is 36.0 Å². The maximum absolute atomic E-state index is 13.5. The number of hydrogen-bond donors (Lipinski definition) is 4. The van der Waals surface area contributed by atoms with Crippen LogP contribution in [0.3, 0.4) is 0 Å². The van der Waals surface area contributed by atoms with Crippen LogP contribution in [0.15, 0.2) is 80.5 Å². The lowest BCUT2D eigenvalue weighted by Crippen LogP contribution is -2.34. The van der Waals surface area contributed by atoms with Crippen LogP contribution in [0.25, 0.3) is 16.6 Å². The average Bonchev–Trinajstić information content (AvgIpc) is 3.38. The number of aromatic nitrogens is 2. The van der Waals surface area contributed by atoms with E-state index >= 15 is 0 Å². The first-order valence-corrected chi connectivity index (χ1v) is 14.4. The lowest BCUT2D eigenvalue weighted by molar-refractivity contribution is 0.256. The number of sulfonamides is 1. The summed E-state index contributed by atoms with van der Waals surface area (Å²) in [5, 5.41) is 5.39. The van der Waals surface area contributed by atoms with Crippen molar-refractivity contribution in [3.63, 3.8) is 0 Å². The lowest BCUT2D eigenvalue weighted by Gasteiger charge is -2.11. The van der Waals surface area contributed by atoms with E-state index in [2.05, 4.69) is 15.6 Å². The highest BCUT2D eigenvalue weighted by molar-refractivity contribution is 7.92. The Morgan fingerprint density at radius 2 is 1.60 bits per heavy atom.